The lowest BCUT2D eigenvalue weighted by Gasteiger charge is -2.00. The number of carbonyl (C=O) groups excluding carboxylic acids is 1. The van der Waals surface area contributed by atoms with Crippen LogP contribution < -0.4 is 0 Å². The van der Waals surface area contributed by atoms with Crippen LogP contribution in [0.15, 0.2) is 34.9 Å². The summed E-state index contributed by atoms with van der Waals surface area (Å²) in [6, 6.07) is 7.39. The number of rotatable bonds is 1. The van der Waals surface area contributed by atoms with Gasteiger partial charge in [-0.3, -0.25) is 9.78 Å². The SMILES string of the molecule is O=Cc1ccnc2c(Br)cccc12. The molecule has 0 aliphatic rings. The van der Waals surface area contributed by atoms with Crippen molar-refractivity contribution >= 4 is 33.1 Å². The Bertz CT molecular complexity index is 467. The Kier molecular flexibility index (Phi) is 2.10. The Morgan fingerprint density at radius 1 is 1.31 bits per heavy atom. The zero-order chi connectivity index (χ0) is 9.26. The molecule has 0 unspecified atom stereocenters. The van der Waals surface area contributed by atoms with Crippen LogP contribution in [0.1, 0.15) is 10.4 Å². The van der Waals surface area contributed by atoms with Crippen LogP contribution >= 0.6 is 15.9 Å². The summed E-state index contributed by atoms with van der Waals surface area (Å²) in [5, 5.41) is 0.881. The van der Waals surface area contributed by atoms with E-state index in [9.17, 15) is 4.79 Å². The smallest absolute Gasteiger partial charge is 0.150 e. The van der Waals surface area contributed by atoms with Crippen molar-refractivity contribution in [3.05, 3.63) is 40.5 Å². The van der Waals surface area contributed by atoms with Crippen molar-refractivity contribution < 1.29 is 4.79 Å². The minimum atomic E-state index is 0.673. The third-order valence-electron chi connectivity index (χ3n) is 1.88. The normalized spacial score (nSPS) is 10.2. The molecule has 1 heterocycles. The summed E-state index contributed by atoms with van der Waals surface area (Å²) >= 11 is 3.38. The lowest BCUT2D eigenvalue weighted by molar-refractivity contribution is 0.112. The molecule has 1 aromatic heterocycles. The number of para-hydroxylation sites is 1. The lowest BCUT2D eigenvalue weighted by Crippen LogP contribution is -1.86. The molecule has 0 aliphatic carbocycles. The van der Waals surface area contributed by atoms with Crippen molar-refractivity contribution in [2.24, 2.45) is 0 Å². The van der Waals surface area contributed by atoms with Gasteiger partial charge in [-0.25, -0.2) is 0 Å². The van der Waals surface area contributed by atoms with E-state index in [1.165, 1.54) is 0 Å². The molecule has 0 radical (unpaired) electrons. The maximum atomic E-state index is 10.7. The first-order chi connectivity index (χ1) is 6.33. The predicted octanol–water partition coefficient (Wildman–Crippen LogP) is 2.81. The van der Waals surface area contributed by atoms with Crippen molar-refractivity contribution in [3.8, 4) is 0 Å². The molecule has 0 bridgehead atoms. The van der Waals surface area contributed by atoms with Crippen LogP contribution in [0.2, 0.25) is 0 Å². The Balaban J connectivity index is 2.92. The van der Waals surface area contributed by atoms with Gasteiger partial charge in [0.05, 0.1) is 5.52 Å². The van der Waals surface area contributed by atoms with Crippen molar-refractivity contribution in [1.82, 2.24) is 4.98 Å². The Labute approximate surface area is 83.7 Å². The van der Waals surface area contributed by atoms with Crippen LogP contribution in [-0.4, -0.2) is 11.3 Å². The first kappa shape index (κ1) is 8.38. The summed E-state index contributed by atoms with van der Waals surface area (Å²) in [7, 11) is 0. The average Bonchev–Trinajstić information content (AvgIpc) is 2.18. The van der Waals surface area contributed by atoms with Crippen LogP contribution in [0.5, 0.6) is 0 Å². The van der Waals surface area contributed by atoms with Gasteiger partial charge in [0.1, 0.15) is 0 Å². The number of benzene rings is 1. The number of carbonyl (C=O) groups is 1. The highest BCUT2D eigenvalue weighted by Crippen LogP contribution is 2.23. The highest BCUT2D eigenvalue weighted by Gasteiger charge is 2.02. The van der Waals surface area contributed by atoms with Gasteiger partial charge in [0.2, 0.25) is 0 Å². The summed E-state index contributed by atoms with van der Waals surface area (Å²) in [5.41, 5.74) is 1.50. The number of hydrogen-bond donors (Lipinski definition) is 0. The van der Waals surface area contributed by atoms with Crippen LogP contribution in [0.3, 0.4) is 0 Å². The number of pyridine rings is 1. The molecule has 0 amide bonds. The third-order valence-corrected chi connectivity index (χ3v) is 2.52. The quantitative estimate of drug-likeness (QED) is 0.712. The van der Waals surface area contributed by atoms with Gasteiger partial charge in [-0.05, 0) is 28.1 Å². The fourth-order valence-corrected chi connectivity index (χ4v) is 1.73. The summed E-state index contributed by atoms with van der Waals surface area (Å²) < 4.78 is 0.911. The fourth-order valence-electron chi connectivity index (χ4n) is 1.26. The van der Waals surface area contributed by atoms with Crippen LogP contribution in [0.25, 0.3) is 10.9 Å². The number of aldehydes is 1. The van der Waals surface area contributed by atoms with E-state index in [2.05, 4.69) is 20.9 Å². The first-order valence-corrected chi connectivity index (χ1v) is 4.60. The highest BCUT2D eigenvalue weighted by atomic mass is 79.9. The third kappa shape index (κ3) is 1.35. The monoisotopic (exact) mass is 235 g/mol. The molecule has 0 atom stereocenters. The van der Waals surface area contributed by atoms with E-state index in [-0.39, 0.29) is 0 Å². The Hall–Kier alpha value is -1.22. The largest absolute Gasteiger partial charge is 0.298 e. The summed E-state index contributed by atoms with van der Waals surface area (Å²) in [4.78, 5) is 14.9. The molecule has 0 fully saturated rings. The van der Waals surface area contributed by atoms with Crippen molar-refractivity contribution in [3.63, 3.8) is 0 Å². The van der Waals surface area contributed by atoms with Gasteiger partial charge in [-0.2, -0.15) is 0 Å². The topological polar surface area (TPSA) is 30.0 Å². The molecular formula is C10H6BrNO. The fraction of sp³-hybridized carbons (Fsp3) is 0. The van der Waals surface area contributed by atoms with E-state index >= 15 is 0 Å². The molecule has 0 saturated carbocycles. The number of aromatic nitrogens is 1. The minimum absolute atomic E-state index is 0.673. The van der Waals surface area contributed by atoms with Gasteiger partial charge >= 0.3 is 0 Å². The van der Waals surface area contributed by atoms with Crippen molar-refractivity contribution in [2.75, 3.05) is 0 Å². The van der Waals surface area contributed by atoms with Gasteiger partial charge < -0.3 is 0 Å². The lowest BCUT2D eigenvalue weighted by atomic mass is 10.1. The molecule has 2 nitrogen and oxygen atoms in total. The molecule has 13 heavy (non-hydrogen) atoms. The second kappa shape index (κ2) is 3.26. The van der Waals surface area contributed by atoms with Crippen molar-refractivity contribution in [2.45, 2.75) is 0 Å². The number of halogens is 1. The molecule has 0 aliphatic heterocycles. The van der Waals surface area contributed by atoms with E-state index < -0.39 is 0 Å². The maximum absolute atomic E-state index is 10.7. The molecule has 0 N–H and O–H groups in total. The van der Waals surface area contributed by atoms with E-state index in [4.69, 9.17) is 0 Å². The summed E-state index contributed by atoms with van der Waals surface area (Å²) in [5.74, 6) is 0. The number of fused-ring (bicyclic) bond motifs is 1. The average molecular weight is 236 g/mol. The standard InChI is InChI=1S/C10H6BrNO/c11-9-3-1-2-8-7(6-13)4-5-12-10(8)9/h1-6H. The molecule has 2 rings (SSSR count). The molecule has 64 valence electrons. The second-order valence-corrected chi connectivity index (χ2v) is 3.51. The minimum Gasteiger partial charge on any atom is -0.298 e. The van der Waals surface area contributed by atoms with Crippen molar-refractivity contribution in [1.29, 1.82) is 0 Å². The van der Waals surface area contributed by atoms with E-state index in [1.54, 1.807) is 12.3 Å². The summed E-state index contributed by atoms with van der Waals surface area (Å²) in [6.45, 7) is 0. The first-order valence-electron chi connectivity index (χ1n) is 3.81. The van der Waals surface area contributed by atoms with Crippen LogP contribution in [0.4, 0.5) is 0 Å². The van der Waals surface area contributed by atoms with Gasteiger partial charge in [-0.1, -0.05) is 12.1 Å². The van der Waals surface area contributed by atoms with Gasteiger partial charge in [0.15, 0.2) is 6.29 Å². The van der Waals surface area contributed by atoms with Crippen LogP contribution in [0, 0.1) is 0 Å². The highest BCUT2D eigenvalue weighted by molar-refractivity contribution is 9.10. The van der Waals surface area contributed by atoms with Crippen LogP contribution in [-0.2, 0) is 0 Å². The number of nitrogens with zero attached hydrogens (tertiary/aromatic N) is 1. The molecule has 1 aromatic carbocycles. The molecule has 2 aromatic rings. The van der Waals surface area contributed by atoms with Gasteiger partial charge in [-0.15, -0.1) is 0 Å². The van der Waals surface area contributed by atoms with E-state index in [0.29, 0.717) is 5.56 Å². The zero-order valence-electron chi connectivity index (χ0n) is 6.70. The van der Waals surface area contributed by atoms with E-state index in [0.717, 1.165) is 21.7 Å². The second-order valence-electron chi connectivity index (χ2n) is 2.65. The molecule has 0 spiro atoms. The Morgan fingerprint density at radius 3 is 2.92 bits per heavy atom. The zero-order valence-corrected chi connectivity index (χ0v) is 8.28. The molecule has 0 saturated heterocycles. The van der Waals surface area contributed by atoms with Gasteiger partial charge in [0.25, 0.3) is 0 Å². The van der Waals surface area contributed by atoms with E-state index in [1.807, 2.05) is 18.2 Å². The Morgan fingerprint density at radius 2 is 2.15 bits per heavy atom. The van der Waals surface area contributed by atoms with Gasteiger partial charge in [0, 0.05) is 21.6 Å². The predicted molar refractivity (Wildman–Crippen MR) is 54.8 cm³/mol. The summed E-state index contributed by atoms with van der Waals surface area (Å²) in [6.07, 6.45) is 2.48. The number of hydrogen-bond acceptors (Lipinski definition) is 2. The maximum Gasteiger partial charge on any atom is 0.150 e. The molecular weight excluding hydrogens is 230 g/mol. The molecule has 3 heteroatoms.